The van der Waals surface area contributed by atoms with Gasteiger partial charge in [0.15, 0.2) is 0 Å². The van der Waals surface area contributed by atoms with E-state index in [0.717, 1.165) is 52.9 Å². The lowest BCUT2D eigenvalue weighted by Gasteiger charge is -2.18. The molecule has 10 nitrogen and oxygen atoms in total. The van der Waals surface area contributed by atoms with Crippen molar-refractivity contribution in [3.63, 3.8) is 0 Å². The molecule has 1 amide bonds. The number of hydrogen-bond donors (Lipinski definition) is 3. The number of aryl methyl sites for hydroxylation is 1. The van der Waals surface area contributed by atoms with Crippen LogP contribution in [0.3, 0.4) is 0 Å². The third-order valence-electron chi connectivity index (χ3n) is 6.54. The third kappa shape index (κ3) is 5.91. The van der Waals surface area contributed by atoms with Crippen molar-refractivity contribution in [1.82, 2.24) is 25.1 Å². The summed E-state index contributed by atoms with van der Waals surface area (Å²) in [6, 6.07) is 11.1. The van der Waals surface area contributed by atoms with E-state index in [1.807, 2.05) is 30.3 Å². The van der Waals surface area contributed by atoms with Crippen molar-refractivity contribution in [2.75, 3.05) is 18.5 Å². The van der Waals surface area contributed by atoms with Gasteiger partial charge in [0.1, 0.15) is 5.75 Å². The topological polar surface area (TPSA) is 131 Å². The van der Waals surface area contributed by atoms with Crippen LogP contribution in [-0.4, -0.2) is 49.9 Å². The standard InChI is InChI=1S/C28H30N6O4/c1-18(35)31-15-19-11-20(16-29-14-19)27(13-28(36)37)34-26-7-5-23(12-21(26)17-32-34)38-10-8-22-4-6-24-25(33-22)3-2-9-30-24/h4-7,11-12,14,16-17,27,30H,2-3,8-10,13,15H2,1H3,(H,31,35)(H,36,37). The Balaban J connectivity index is 1.31. The molecule has 3 aromatic heterocycles. The van der Waals surface area contributed by atoms with Crippen LogP contribution in [0.1, 0.15) is 48.3 Å². The summed E-state index contributed by atoms with van der Waals surface area (Å²) in [4.78, 5) is 32.1. The Bertz CT molecular complexity index is 1470. The summed E-state index contributed by atoms with van der Waals surface area (Å²) in [6.07, 6.45) is 7.63. The molecule has 4 heterocycles. The predicted octanol–water partition coefficient (Wildman–Crippen LogP) is 3.51. The van der Waals surface area contributed by atoms with E-state index in [0.29, 0.717) is 30.9 Å². The molecule has 1 unspecified atom stereocenters. The van der Waals surface area contributed by atoms with E-state index in [1.165, 1.54) is 6.92 Å². The Morgan fingerprint density at radius 3 is 2.92 bits per heavy atom. The molecule has 0 saturated carbocycles. The predicted molar refractivity (Wildman–Crippen MR) is 142 cm³/mol. The molecule has 1 aromatic carbocycles. The van der Waals surface area contributed by atoms with E-state index < -0.39 is 12.0 Å². The van der Waals surface area contributed by atoms with E-state index in [4.69, 9.17) is 9.72 Å². The van der Waals surface area contributed by atoms with Gasteiger partial charge in [0.25, 0.3) is 0 Å². The number of carboxylic acids is 1. The minimum atomic E-state index is -0.947. The van der Waals surface area contributed by atoms with Crippen LogP contribution in [0.4, 0.5) is 5.69 Å². The summed E-state index contributed by atoms with van der Waals surface area (Å²) < 4.78 is 7.72. The summed E-state index contributed by atoms with van der Waals surface area (Å²) in [6.45, 7) is 3.25. The summed E-state index contributed by atoms with van der Waals surface area (Å²) in [7, 11) is 0. The van der Waals surface area contributed by atoms with Gasteiger partial charge in [-0.05, 0) is 60.4 Å². The minimum Gasteiger partial charge on any atom is -0.493 e. The fourth-order valence-corrected chi connectivity index (χ4v) is 4.68. The smallest absolute Gasteiger partial charge is 0.305 e. The molecule has 196 valence electrons. The number of amides is 1. The fraction of sp³-hybridized carbons (Fsp3) is 0.321. The summed E-state index contributed by atoms with van der Waals surface area (Å²) >= 11 is 0. The lowest BCUT2D eigenvalue weighted by molar-refractivity contribution is -0.137. The first-order chi connectivity index (χ1) is 18.5. The second kappa shape index (κ2) is 11.3. The highest BCUT2D eigenvalue weighted by Gasteiger charge is 2.21. The number of pyridine rings is 2. The number of nitrogens with one attached hydrogen (secondary N) is 2. The Morgan fingerprint density at radius 1 is 1.18 bits per heavy atom. The first-order valence-electron chi connectivity index (χ1n) is 12.7. The number of rotatable bonds is 10. The maximum absolute atomic E-state index is 11.7. The van der Waals surface area contributed by atoms with Crippen LogP contribution >= 0.6 is 0 Å². The Kier molecular flexibility index (Phi) is 7.48. The summed E-state index contributed by atoms with van der Waals surface area (Å²) in [5.41, 5.74) is 5.53. The van der Waals surface area contributed by atoms with Crippen LogP contribution in [0.2, 0.25) is 0 Å². The number of carboxylic acid groups (broad SMARTS) is 1. The number of nitrogens with zero attached hydrogens (tertiary/aromatic N) is 4. The molecule has 0 spiro atoms. The van der Waals surface area contributed by atoms with Gasteiger partial charge in [-0.25, -0.2) is 0 Å². The number of fused-ring (bicyclic) bond motifs is 2. The lowest BCUT2D eigenvalue weighted by atomic mass is 10.0. The number of hydrogen-bond acceptors (Lipinski definition) is 7. The van der Waals surface area contributed by atoms with Crippen LogP contribution in [0.15, 0.2) is 55.0 Å². The van der Waals surface area contributed by atoms with E-state index >= 15 is 0 Å². The minimum absolute atomic E-state index is 0.148. The molecule has 4 aromatic rings. The highest BCUT2D eigenvalue weighted by Crippen LogP contribution is 2.29. The van der Waals surface area contributed by atoms with Gasteiger partial charge >= 0.3 is 5.97 Å². The van der Waals surface area contributed by atoms with E-state index in [9.17, 15) is 14.7 Å². The van der Waals surface area contributed by atoms with Crippen molar-refractivity contribution < 1.29 is 19.4 Å². The average molecular weight is 515 g/mol. The molecule has 0 saturated heterocycles. The lowest BCUT2D eigenvalue weighted by Crippen LogP contribution is -2.20. The highest BCUT2D eigenvalue weighted by atomic mass is 16.5. The molecule has 38 heavy (non-hydrogen) atoms. The molecule has 1 aliphatic rings. The third-order valence-corrected chi connectivity index (χ3v) is 6.54. The number of benzene rings is 1. The van der Waals surface area contributed by atoms with Gasteiger partial charge in [0.05, 0.1) is 42.2 Å². The summed E-state index contributed by atoms with van der Waals surface area (Å²) in [5.74, 6) is -0.382. The number of aromatic nitrogens is 4. The van der Waals surface area contributed by atoms with Gasteiger partial charge in [0, 0.05) is 49.9 Å². The zero-order chi connectivity index (χ0) is 26.5. The largest absolute Gasteiger partial charge is 0.493 e. The molecule has 3 N–H and O–H groups in total. The molecule has 1 aliphatic heterocycles. The molecule has 0 fully saturated rings. The van der Waals surface area contributed by atoms with E-state index in [1.54, 1.807) is 23.3 Å². The second-order valence-corrected chi connectivity index (χ2v) is 9.39. The average Bonchev–Trinajstić information content (AvgIpc) is 3.33. The molecule has 0 radical (unpaired) electrons. The number of ether oxygens (including phenoxy) is 1. The van der Waals surface area contributed by atoms with Gasteiger partial charge in [-0.2, -0.15) is 5.10 Å². The molecular formula is C28H30N6O4. The van der Waals surface area contributed by atoms with E-state index in [2.05, 4.69) is 26.8 Å². The summed E-state index contributed by atoms with van der Waals surface area (Å²) in [5, 5.41) is 21.1. The van der Waals surface area contributed by atoms with Crippen molar-refractivity contribution in [1.29, 1.82) is 0 Å². The zero-order valence-electron chi connectivity index (χ0n) is 21.2. The first kappa shape index (κ1) is 25.2. The van der Waals surface area contributed by atoms with Crippen LogP contribution in [0.5, 0.6) is 5.75 Å². The maximum Gasteiger partial charge on any atom is 0.305 e. The van der Waals surface area contributed by atoms with Crippen molar-refractivity contribution in [2.24, 2.45) is 0 Å². The van der Waals surface area contributed by atoms with Crippen molar-refractivity contribution >= 4 is 28.5 Å². The van der Waals surface area contributed by atoms with Gasteiger partial charge in [-0.3, -0.25) is 24.2 Å². The normalized spacial score (nSPS) is 13.4. The molecule has 0 bridgehead atoms. The van der Waals surface area contributed by atoms with Crippen molar-refractivity contribution in [3.8, 4) is 5.75 Å². The maximum atomic E-state index is 11.7. The Morgan fingerprint density at radius 2 is 2.08 bits per heavy atom. The molecule has 10 heteroatoms. The Hall–Kier alpha value is -4.47. The highest BCUT2D eigenvalue weighted by molar-refractivity contribution is 5.81. The van der Waals surface area contributed by atoms with Crippen LogP contribution in [0.25, 0.3) is 10.9 Å². The van der Waals surface area contributed by atoms with Crippen LogP contribution < -0.4 is 15.4 Å². The van der Waals surface area contributed by atoms with Gasteiger partial charge in [0.2, 0.25) is 5.91 Å². The second-order valence-electron chi connectivity index (χ2n) is 9.39. The molecule has 5 rings (SSSR count). The molecule has 1 atom stereocenters. The van der Waals surface area contributed by atoms with Gasteiger partial charge in [-0.1, -0.05) is 0 Å². The van der Waals surface area contributed by atoms with Crippen molar-refractivity contribution in [2.45, 2.75) is 45.2 Å². The number of anilines is 1. The van der Waals surface area contributed by atoms with Gasteiger partial charge in [-0.15, -0.1) is 0 Å². The quantitative estimate of drug-likeness (QED) is 0.293. The SMILES string of the molecule is CC(=O)NCc1cncc(C(CC(=O)O)n2ncc3cc(OCCc4ccc5c(n4)CCCN5)ccc32)c1. The zero-order valence-corrected chi connectivity index (χ0v) is 21.2. The van der Waals surface area contributed by atoms with Crippen LogP contribution in [-0.2, 0) is 29.0 Å². The number of carbonyl (C=O) groups excluding carboxylic acids is 1. The first-order valence-corrected chi connectivity index (χ1v) is 12.7. The van der Waals surface area contributed by atoms with Crippen LogP contribution in [0, 0.1) is 0 Å². The number of carbonyl (C=O) groups is 2. The monoisotopic (exact) mass is 514 g/mol. The fourth-order valence-electron chi connectivity index (χ4n) is 4.68. The Labute approximate surface area is 220 Å². The molecule has 0 aliphatic carbocycles. The number of aliphatic carboxylic acids is 1. The molecular weight excluding hydrogens is 484 g/mol. The van der Waals surface area contributed by atoms with Gasteiger partial charge < -0.3 is 20.5 Å². The van der Waals surface area contributed by atoms with Crippen molar-refractivity contribution in [3.05, 3.63) is 77.5 Å². The van der Waals surface area contributed by atoms with E-state index in [-0.39, 0.29) is 12.3 Å².